The maximum atomic E-state index is 10.7. The Morgan fingerprint density at radius 1 is 1.15 bits per heavy atom. The molecule has 0 fully saturated rings. The standard InChI is InChI=1S/C13H9Cl2NO3S/c1-19-9-2-4-10(5-3-9)20-13-11(14)6-8(16(17)18)7-12(13)15/h2-7H,1H3. The van der Waals surface area contributed by atoms with Crippen LogP contribution in [-0.4, -0.2) is 12.0 Å². The largest absolute Gasteiger partial charge is 0.497 e. The first-order valence-electron chi connectivity index (χ1n) is 5.46. The van der Waals surface area contributed by atoms with Crippen LogP contribution in [0.5, 0.6) is 5.75 Å². The molecule has 0 aliphatic heterocycles. The smallest absolute Gasteiger partial charge is 0.272 e. The van der Waals surface area contributed by atoms with E-state index < -0.39 is 4.92 Å². The fourth-order valence-corrected chi connectivity index (χ4v) is 3.04. The highest BCUT2D eigenvalue weighted by molar-refractivity contribution is 7.99. The third kappa shape index (κ3) is 3.36. The predicted molar refractivity (Wildman–Crippen MR) is 80.2 cm³/mol. The lowest BCUT2D eigenvalue weighted by atomic mass is 10.3. The average molecular weight is 330 g/mol. The summed E-state index contributed by atoms with van der Waals surface area (Å²) in [6.07, 6.45) is 0. The van der Waals surface area contributed by atoms with Gasteiger partial charge in [-0.3, -0.25) is 10.1 Å². The van der Waals surface area contributed by atoms with Crippen LogP contribution in [0.1, 0.15) is 0 Å². The summed E-state index contributed by atoms with van der Waals surface area (Å²) >= 11 is 13.4. The lowest BCUT2D eigenvalue weighted by Crippen LogP contribution is -1.89. The first-order valence-corrected chi connectivity index (χ1v) is 7.04. The molecular weight excluding hydrogens is 321 g/mol. The van der Waals surface area contributed by atoms with Crippen molar-refractivity contribution in [3.05, 3.63) is 56.6 Å². The quantitative estimate of drug-likeness (QED) is 0.581. The summed E-state index contributed by atoms with van der Waals surface area (Å²) in [6, 6.07) is 9.93. The van der Waals surface area contributed by atoms with E-state index in [4.69, 9.17) is 27.9 Å². The number of non-ortho nitro benzene ring substituents is 1. The zero-order valence-corrected chi connectivity index (χ0v) is 12.6. The van der Waals surface area contributed by atoms with Crippen LogP contribution in [-0.2, 0) is 0 Å². The van der Waals surface area contributed by atoms with Crippen LogP contribution in [0.25, 0.3) is 0 Å². The lowest BCUT2D eigenvalue weighted by Gasteiger charge is -2.07. The molecule has 0 saturated carbocycles. The second kappa shape index (κ2) is 6.35. The summed E-state index contributed by atoms with van der Waals surface area (Å²) in [5, 5.41) is 11.2. The number of benzene rings is 2. The van der Waals surface area contributed by atoms with Gasteiger partial charge in [0.05, 0.1) is 22.1 Å². The van der Waals surface area contributed by atoms with E-state index >= 15 is 0 Å². The van der Waals surface area contributed by atoms with Crippen LogP contribution < -0.4 is 4.74 Å². The first kappa shape index (κ1) is 15.0. The van der Waals surface area contributed by atoms with Crippen LogP contribution in [0.4, 0.5) is 5.69 Å². The highest BCUT2D eigenvalue weighted by atomic mass is 35.5. The molecule has 2 aromatic carbocycles. The van der Waals surface area contributed by atoms with E-state index in [-0.39, 0.29) is 15.7 Å². The maximum absolute atomic E-state index is 10.7. The summed E-state index contributed by atoms with van der Waals surface area (Å²) in [5.41, 5.74) is -0.126. The number of hydrogen-bond donors (Lipinski definition) is 0. The summed E-state index contributed by atoms with van der Waals surface area (Å²) in [7, 11) is 1.59. The molecule has 2 aromatic rings. The summed E-state index contributed by atoms with van der Waals surface area (Å²) < 4.78 is 5.07. The van der Waals surface area contributed by atoms with Gasteiger partial charge in [0.15, 0.2) is 0 Å². The highest BCUT2D eigenvalue weighted by Crippen LogP contribution is 2.41. The van der Waals surface area contributed by atoms with Crippen molar-refractivity contribution in [1.82, 2.24) is 0 Å². The molecule has 20 heavy (non-hydrogen) atoms. The van der Waals surface area contributed by atoms with E-state index in [1.165, 1.54) is 23.9 Å². The van der Waals surface area contributed by atoms with Crippen LogP contribution in [0, 0.1) is 10.1 Å². The van der Waals surface area contributed by atoms with Crippen LogP contribution in [0.2, 0.25) is 10.0 Å². The van der Waals surface area contributed by atoms with Crippen molar-refractivity contribution in [2.75, 3.05) is 7.11 Å². The SMILES string of the molecule is COc1ccc(Sc2c(Cl)cc([N+](=O)[O-])cc2Cl)cc1. The Morgan fingerprint density at radius 2 is 1.70 bits per heavy atom. The summed E-state index contributed by atoms with van der Waals surface area (Å²) in [4.78, 5) is 11.7. The molecule has 0 aliphatic carbocycles. The molecule has 0 bridgehead atoms. The topological polar surface area (TPSA) is 52.4 Å². The van der Waals surface area contributed by atoms with Crippen LogP contribution in [0.3, 0.4) is 0 Å². The Morgan fingerprint density at radius 3 is 2.15 bits per heavy atom. The number of nitro benzene ring substituents is 1. The third-order valence-corrected chi connectivity index (χ3v) is 4.45. The van der Waals surface area contributed by atoms with Gasteiger partial charge in [-0.05, 0) is 24.3 Å². The van der Waals surface area contributed by atoms with Crippen LogP contribution >= 0.6 is 35.0 Å². The molecule has 0 saturated heterocycles. The normalized spacial score (nSPS) is 10.3. The highest BCUT2D eigenvalue weighted by Gasteiger charge is 2.15. The van der Waals surface area contributed by atoms with Gasteiger partial charge in [-0.15, -0.1) is 0 Å². The van der Waals surface area contributed by atoms with Crippen molar-refractivity contribution in [1.29, 1.82) is 0 Å². The molecule has 0 atom stereocenters. The molecule has 104 valence electrons. The van der Waals surface area contributed by atoms with Crippen molar-refractivity contribution < 1.29 is 9.66 Å². The van der Waals surface area contributed by atoms with Crippen molar-refractivity contribution in [2.24, 2.45) is 0 Å². The van der Waals surface area contributed by atoms with E-state index in [0.29, 0.717) is 4.90 Å². The molecule has 0 unspecified atom stereocenters. The Balaban J connectivity index is 2.30. The molecule has 7 heteroatoms. The zero-order valence-electron chi connectivity index (χ0n) is 10.3. The number of halogens is 2. The molecular formula is C13H9Cl2NO3S. The number of hydrogen-bond acceptors (Lipinski definition) is 4. The average Bonchev–Trinajstić information content (AvgIpc) is 2.43. The lowest BCUT2D eigenvalue weighted by molar-refractivity contribution is -0.384. The Bertz CT molecular complexity index is 624. The number of nitro groups is 1. The van der Waals surface area contributed by atoms with Gasteiger partial charge in [0.1, 0.15) is 5.75 Å². The molecule has 0 aliphatic rings. The fourth-order valence-electron chi connectivity index (χ4n) is 1.51. The molecule has 0 radical (unpaired) electrons. The van der Waals surface area contributed by atoms with Crippen molar-refractivity contribution in [2.45, 2.75) is 9.79 Å². The van der Waals surface area contributed by atoms with Gasteiger partial charge >= 0.3 is 0 Å². The minimum Gasteiger partial charge on any atom is -0.497 e. The second-order valence-corrected chi connectivity index (χ2v) is 5.67. The van der Waals surface area contributed by atoms with Gasteiger partial charge in [0.25, 0.3) is 5.69 Å². The monoisotopic (exact) mass is 329 g/mol. The van der Waals surface area contributed by atoms with Gasteiger partial charge in [0.2, 0.25) is 0 Å². The molecule has 0 spiro atoms. The minimum atomic E-state index is -0.528. The van der Waals surface area contributed by atoms with E-state index in [1.54, 1.807) is 7.11 Å². The first-order chi connectivity index (χ1) is 9.51. The predicted octanol–water partition coefficient (Wildman–Crippen LogP) is 5.06. The van der Waals surface area contributed by atoms with Gasteiger partial charge in [-0.25, -0.2) is 0 Å². The maximum Gasteiger partial charge on any atom is 0.272 e. The van der Waals surface area contributed by atoms with E-state index in [1.807, 2.05) is 24.3 Å². The van der Waals surface area contributed by atoms with E-state index in [9.17, 15) is 10.1 Å². The number of ether oxygens (including phenoxy) is 1. The van der Waals surface area contributed by atoms with E-state index in [0.717, 1.165) is 10.6 Å². The molecule has 0 amide bonds. The molecule has 0 heterocycles. The fraction of sp³-hybridized carbons (Fsp3) is 0.0769. The molecule has 0 aromatic heterocycles. The number of methoxy groups -OCH3 is 1. The number of nitrogens with zero attached hydrogens (tertiary/aromatic N) is 1. The van der Waals surface area contributed by atoms with Crippen molar-refractivity contribution >= 4 is 40.7 Å². The van der Waals surface area contributed by atoms with E-state index in [2.05, 4.69) is 0 Å². The molecule has 2 rings (SSSR count). The third-order valence-electron chi connectivity index (χ3n) is 2.47. The molecule has 4 nitrogen and oxygen atoms in total. The Hall–Kier alpha value is -1.43. The Labute approximate surface area is 129 Å². The minimum absolute atomic E-state index is 0.126. The van der Waals surface area contributed by atoms with Gasteiger partial charge < -0.3 is 4.74 Å². The summed E-state index contributed by atoms with van der Waals surface area (Å²) in [5.74, 6) is 0.746. The van der Waals surface area contributed by atoms with Crippen LogP contribution in [0.15, 0.2) is 46.2 Å². The van der Waals surface area contributed by atoms with Gasteiger partial charge in [-0.1, -0.05) is 35.0 Å². The molecule has 0 N–H and O–H groups in total. The number of rotatable bonds is 4. The van der Waals surface area contributed by atoms with Gasteiger partial charge in [-0.2, -0.15) is 0 Å². The Kier molecular flexibility index (Phi) is 4.75. The summed E-state index contributed by atoms with van der Waals surface area (Å²) in [6.45, 7) is 0. The van der Waals surface area contributed by atoms with Crippen molar-refractivity contribution in [3.63, 3.8) is 0 Å². The van der Waals surface area contributed by atoms with Gasteiger partial charge in [0, 0.05) is 21.9 Å². The second-order valence-electron chi connectivity index (χ2n) is 3.77. The van der Waals surface area contributed by atoms with Crippen molar-refractivity contribution in [3.8, 4) is 5.75 Å². The zero-order chi connectivity index (χ0) is 14.7.